The van der Waals surface area contributed by atoms with Gasteiger partial charge in [-0.15, -0.1) is 0 Å². The fourth-order valence-corrected chi connectivity index (χ4v) is 12.3. The van der Waals surface area contributed by atoms with Crippen LogP contribution in [-0.4, -0.2) is 64.7 Å². The predicted molar refractivity (Wildman–Crippen MR) is 262 cm³/mol. The summed E-state index contributed by atoms with van der Waals surface area (Å²) in [5, 5.41) is 1.57. The summed E-state index contributed by atoms with van der Waals surface area (Å²) in [6.45, 7) is 11.9. The summed E-state index contributed by atoms with van der Waals surface area (Å²) in [5.74, 6) is -1.42. The van der Waals surface area contributed by atoms with Gasteiger partial charge in [0.05, 0.1) is 19.6 Å². The van der Waals surface area contributed by atoms with Gasteiger partial charge in [-0.1, -0.05) is 197 Å². The third-order valence-electron chi connectivity index (χ3n) is 11.4. The highest BCUT2D eigenvalue weighted by Gasteiger charge is 2.52. The molecule has 0 fully saturated rings. The first-order valence-corrected chi connectivity index (χ1v) is 26.7. The van der Waals surface area contributed by atoms with Crippen LogP contribution in [0.4, 0.5) is 0 Å². The Bertz CT molecular complexity index is 1550. The van der Waals surface area contributed by atoms with Crippen molar-refractivity contribution in [1.82, 2.24) is 0 Å². The first kappa shape index (κ1) is 56.1. The molecule has 0 heterocycles. The van der Waals surface area contributed by atoms with E-state index in [1.165, 1.54) is 51.4 Å². The lowest BCUT2D eigenvalue weighted by molar-refractivity contribution is -0.159. The van der Waals surface area contributed by atoms with Crippen LogP contribution >= 0.6 is 0 Å². The Kier molecular flexibility index (Phi) is 30.9. The first-order chi connectivity index (χ1) is 31.0. The van der Waals surface area contributed by atoms with Crippen molar-refractivity contribution in [2.24, 2.45) is 0 Å². The molecule has 0 radical (unpaired) electrons. The van der Waals surface area contributed by atoms with Crippen molar-refractivity contribution in [2.75, 3.05) is 26.4 Å². The minimum Gasteiger partial charge on any atom is -0.466 e. The molecular formula is C54H84O9Si. The van der Waals surface area contributed by atoms with Crippen LogP contribution in [0.15, 0.2) is 85.0 Å². The Balaban J connectivity index is 1.89. The minimum absolute atomic E-state index is 0.170. The molecule has 0 amide bonds. The molecule has 0 bridgehead atoms. The van der Waals surface area contributed by atoms with E-state index in [1.807, 2.05) is 48.6 Å². The van der Waals surface area contributed by atoms with Gasteiger partial charge in [0.15, 0.2) is 6.10 Å². The van der Waals surface area contributed by atoms with Crippen molar-refractivity contribution in [3.05, 3.63) is 85.0 Å². The standard InChI is InChI=1S/C54H84O9Si/c1-6-8-10-12-14-20-32-42-59-50(55)40-30-18-16-22-34-44-61-52(57)46-49(63-64(54(3,4)5,47-36-26-24-27-37-47)48-38-28-25-29-39-48)53(58)62-45-35-23-17-19-31-41-51(56)60-43-33-21-15-13-11-9-7-2/h20-21,24-29,32-33,36-39,49H,6-19,22-23,30-31,34-35,40-46H2,1-5H3/b32-20-,33-21-. The molecule has 0 saturated heterocycles. The molecule has 9 nitrogen and oxygen atoms in total. The average Bonchev–Trinajstić information content (AvgIpc) is 3.28. The zero-order valence-electron chi connectivity index (χ0n) is 40.4. The second-order valence-corrected chi connectivity index (χ2v) is 22.2. The molecule has 0 aliphatic carbocycles. The molecule has 0 aromatic heterocycles. The third kappa shape index (κ3) is 24.3. The van der Waals surface area contributed by atoms with Crippen LogP contribution in [0.25, 0.3) is 0 Å². The molecular weight excluding hydrogens is 821 g/mol. The number of ether oxygens (including phenoxy) is 4. The molecule has 1 unspecified atom stereocenters. The monoisotopic (exact) mass is 905 g/mol. The Morgan fingerprint density at radius 2 is 0.922 bits per heavy atom. The van der Waals surface area contributed by atoms with E-state index in [0.29, 0.717) is 38.9 Å². The number of carbonyl (C=O) groups is 4. The Morgan fingerprint density at radius 1 is 0.500 bits per heavy atom. The van der Waals surface area contributed by atoms with Gasteiger partial charge in [-0.3, -0.25) is 14.4 Å². The van der Waals surface area contributed by atoms with Crippen LogP contribution in [-0.2, 0) is 42.6 Å². The number of hydrogen-bond donors (Lipinski definition) is 0. The third-order valence-corrected chi connectivity index (χ3v) is 16.4. The molecule has 2 rings (SSSR count). The van der Waals surface area contributed by atoms with Gasteiger partial charge in [-0.05, 0) is 66.8 Å². The quantitative estimate of drug-likeness (QED) is 0.0215. The molecule has 0 saturated carbocycles. The molecule has 0 N–H and O–H groups in total. The zero-order valence-corrected chi connectivity index (χ0v) is 41.4. The Labute approximate surface area is 388 Å². The van der Waals surface area contributed by atoms with Crippen molar-refractivity contribution < 1.29 is 42.6 Å². The summed E-state index contributed by atoms with van der Waals surface area (Å²) in [7, 11) is -3.21. The summed E-state index contributed by atoms with van der Waals surface area (Å²) in [5.41, 5.74) is 0. The smallest absolute Gasteiger partial charge is 0.334 e. The second kappa shape index (κ2) is 35.3. The van der Waals surface area contributed by atoms with E-state index < -0.39 is 31.4 Å². The zero-order chi connectivity index (χ0) is 46.6. The van der Waals surface area contributed by atoms with E-state index in [2.05, 4.69) is 71.0 Å². The summed E-state index contributed by atoms with van der Waals surface area (Å²) in [6.07, 6.45) is 27.4. The van der Waals surface area contributed by atoms with Gasteiger partial charge in [0.25, 0.3) is 8.32 Å². The molecule has 0 aliphatic heterocycles. The highest BCUT2D eigenvalue weighted by molar-refractivity contribution is 6.99. The molecule has 2 aromatic carbocycles. The van der Waals surface area contributed by atoms with Crippen molar-refractivity contribution in [3.63, 3.8) is 0 Å². The average molecular weight is 905 g/mol. The van der Waals surface area contributed by atoms with E-state index in [4.69, 9.17) is 23.4 Å². The van der Waals surface area contributed by atoms with Crippen molar-refractivity contribution in [3.8, 4) is 0 Å². The van der Waals surface area contributed by atoms with E-state index in [1.54, 1.807) is 0 Å². The Morgan fingerprint density at radius 3 is 1.38 bits per heavy atom. The molecule has 10 heteroatoms. The fourth-order valence-electron chi connectivity index (χ4n) is 7.72. The highest BCUT2D eigenvalue weighted by atomic mass is 28.4. The van der Waals surface area contributed by atoms with Crippen molar-refractivity contribution in [1.29, 1.82) is 0 Å². The highest BCUT2D eigenvalue weighted by Crippen LogP contribution is 2.38. The molecule has 1 atom stereocenters. The molecule has 0 aliphatic rings. The first-order valence-electron chi connectivity index (χ1n) is 24.8. The van der Waals surface area contributed by atoms with Crippen LogP contribution in [0, 0.1) is 0 Å². The largest absolute Gasteiger partial charge is 0.466 e. The lowest BCUT2D eigenvalue weighted by Gasteiger charge is -2.44. The number of allylic oxidation sites excluding steroid dienone is 2. The lowest BCUT2D eigenvalue weighted by atomic mass is 10.1. The van der Waals surface area contributed by atoms with Gasteiger partial charge in [0, 0.05) is 12.8 Å². The van der Waals surface area contributed by atoms with E-state index >= 15 is 0 Å². The van der Waals surface area contributed by atoms with Crippen LogP contribution in [0.1, 0.15) is 182 Å². The lowest BCUT2D eigenvalue weighted by Crippen LogP contribution is -2.68. The van der Waals surface area contributed by atoms with Crippen molar-refractivity contribution >= 4 is 42.6 Å². The second-order valence-electron chi connectivity index (χ2n) is 17.9. The van der Waals surface area contributed by atoms with E-state index in [-0.39, 0.29) is 31.6 Å². The number of hydrogen-bond acceptors (Lipinski definition) is 9. The van der Waals surface area contributed by atoms with Gasteiger partial charge in [0.1, 0.15) is 13.2 Å². The van der Waals surface area contributed by atoms with Crippen LogP contribution in [0.5, 0.6) is 0 Å². The number of unbranched alkanes of at least 4 members (excludes halogenated alkanes) is 16. The maximum absolute atomic E-state index is 14.0. The summed E-state index contributed by atoms with van der Waals surface area (Å²) in [4.78, 5) is 51.6. The summed E-state index contributed by atoms with van der Waals surface area (Å²) < 4.78 is 29.3. The van der Waals surface area contributed by atoms with Gasteiger partial charge in [-0.25, -0.2) is 4.79 Å². The van der Waals surface area contributed by atoms with Gasteiger partial charge in [0.2, 0.25) is 0 Å². The van der Waals surface area contributed by atoms with Crippen LogP contribution < -0.4 is 10.4 Å². The van der Waals surface area contributed by atoms with Crippen LogP contribution in [0.2, 0.25) is 5.04 Å². The molecule has 358 valence electrons. The van der Waals surface area contributed by atoms with E-state index in [0.717, 1.165) is 74.6 Å². The fraction of sp³-hybridized carbons (Fsp3) is 0.630. The molecule has 2 aromatic rings. The summed E-state index contributed by atoms with van der Waals surface area (Å²) in [6, 6.07) is 20.1. The van der Waals surface area contributed by atoms with E-state index in [9.17, 15) is 19.2 Å². The van der Waals surface area contributed by atoms with Gasteiger partial charge < -0.3 is 23.4 Å². The SMILES string of the molecule is CCCCCC/C=C\COC(=O)CCCCCCCOC(=O)CC(O[Si](c1ccccc1)(c1ccccc1)C(C)(C)C)C(=O)OCCCCCCCC(=O)OC/C=C\CCCCCC. The van der Waals surface area contributed by atoms with Crippen molar-refractivity contribution in [2.45, 2.75) is 193 Å². The predicted octanol–water partition coefficient (Wildman–Crippen LogP) is 12.2. The number of carbonyl (C=O) groups excluding carboxylic acids is 4. The topological polar surface area (TPSA) is 114 Å². The molecule has 0 spiro atoms. The number of rotatable bonds is 37. The maximum atomic E-state index is 14.0. The maximum Gasteiger partial charge on any atom is 0.334 e. The minimum atomic E-state index is -3.21. The number of esters is 4. The normalized spacial score (nSPS) is 12.4. The van der Waals surface area contributed by atoms with Gasteiger partial charge >= 0.3 is 23.9 Å². The van der Waals surface area contributed by atoms with Crippen LogP contribution in [0.3, 0.4) is 0 Å². The molecule has 64 heavy (non-hydrogen) atoms. The Hall–Kier alpha value is -4.02. The number of benzene rings is 2. The summed E-state index contributed by atoms with van der Waals surface area (Å²) >= 11 is 0. The van der Waals surface area contributed by atoms with Gasteiger partial charge in [-0.2, -0.15) is 0 Å².